The van der Waals surface area contributed by atoms with E-state index >= 15 is 0 Å². The molecule has 0 heterocycles. The van der Waals surface area contributed by atoms with Gasteiger partial charge in [-0.2, -0.15) is 0 Å². The average Bonchev–Trinajstić information content (AvgIpc) is 3.28. The Hall–Kier alpha value is -2.36. The van der Waals surface area contributed by atoms with Gasteiger partial charge in [0.15, 0.2) is 0 Å². The zero-order valence-electron chi connectivity index (χ0n) is 12.1. The van der Waals surface area contributed by atoms with Crippen molar-refractivity contribution in [1.29, 1.82) is 0 Å². The van der Waals surface area contributed by atoms with Crippen molar-refractivity contribution >= 4 is 22.7 Å². The van der Waals surface area contributed by atoms with Crippen molar-refractivity contribution in [2.75, 3.05) is 0 Å². The highest BCUT2D eigenvalue weighted by Crippen LogP contribution is 2.51. The van der Waals surface area contributed by atoms with Crippen LogP contribution in [0.1, 0.15) is 30.7 Å². The van der Waals surface area contributed by atoms with Gasteiger partial charge in [0.05, 0.1) is 5.92 Å². The van der Waals surface area contributed by atoms with Crippen LogP contribution >= 0.6 is 0 Å². The minimum absolute atomic E-state index is 0.0108. The molecule has 3 atom stereocenters. The van der Waals surface area contributed by atoms with E-state index in [1.54, 1.807) is 0 Å². The Morgan fingerprint density at radius 3 is 2.50 bits per heavy atom. The summed E-state index contributed by atoms with van der Waals surface area (Å²) in [5, 5.41) is 20.4. The molecule has 2 aromatic carbocycles. The molecule has 0 amide bonds. The van der Waals surface area contributed by atoms with Crippen LogP contribution in [0.15, 0.2) is 42.5 Å². The lowest BCUT2D eigenvalue weighted by Gasteiger charge is -2.18. The van der Waals surface area contributed by atoms with Gasteiger partial charge in [0.25, 0.3) is 0 Å². The molecular formula is C18H18O4. The summed E-state index contributed by atoms with van der Waals surface area (Å²) < 4.78 is 0. The standard InChI is InChI=1S/C18H18O4/c19-17(20)9-8-14(15-10-16(15)18(21)22)13-7-3-5-11-4-1-2-6-12(11)13/h1-7,14-16H,8-10H2,(H,19,20)(H,21,22). The Bertz CT molecular complexity index is 717. The molecule has 1 saturated carbocycles. The highest BCUT2D eigenvalue weighted by molar-refractivity contribution is 5.86. The SMILES string of the molecule is O=C(O)CCC(c1cccc2ccccc12)C1CC1C(=O)O. The van der Waals surface area contributed by atoms with Gasteiger partial charge in [0.1, 0.15) is 0 Å². The Morgan fingerprint density at radius 1 is 1.09 bits per heavy atom. The van der Waals surface area contributed by atoms with Crippen LogP contribution in [0.25, 0.3) is 10.8 Å². The molecule has 114 valence electrons. The second-order valence-electron chi connectivity index (χ2n) is 5.95. The molecule has 2 N–H and O–H groups in total. The summed E-state index contributed by atoms with van der Waals surface area (Å²) in [6.07, 6.45) is 1.19. The molecule has 0 aliphatic heterocycles. The third-order valence-corrected chi connectivity index (χ3v) is 4.57. The van der Waals surface area contributed by atoms with Gasteiger partial charge in [-0.3, -0.25) is 9.59 Å². The monoisotopic (exact) mass is 298 g/mol. The van der Waals surface area contributed by atoms with Gasteiger partial charge in [-0.05, 0) is 41.0 Å². The molecule has 1 fully saturated rings. The third kappa shape index (κ3) is 2.82. The Balaban J connectivity index is 1.97. The quantitative estimate of drug-likeness (QED) is 0.855. The van der Waals surface area contributed by atoms with E-state index in [1.165, 1.54) is 0 Å². The second-order valence-corrected chi connectivity index (χ2v) is 5.95. The zero-order chi connectivity index (χ0) is 15.7. The fraction of sp³-hybridized carbons (Fsp3) is 0.333. The van der Waals surface area contributed by atoms with Gasteiger partial charge >= 0.3 is 11.9 Å². The number of fused-ring (bicyclic) bond motifs is 1. The number of rotatable bonds is 6. The van der Waals surface area contributed by atoms with Gasteiger partial charge in [0.2, 0.25) is 0 Å². The largest absolute Gasteiger partial charge is 0.481 e. The predicted molar refractivity (Wildman–Crippen MR) is 82.8 cm³/mol. The Kier molecular flexibility index (Phi) is 3.84. The topological polar surface area (TPSA) is 74.6 Å². The number of carboxylic acid groups (broad SMARTS) is 2. The normalized spacial score (nSPS) is 21.5. The van der Waals surface area contributed by atoms with Gasteiger partial charge < -0.3 is 10.2 Å². The first-order chi connectivity index (χ1) is 10.6. The summed E-state index contributed by atoms with van der Waals surface area (Å²) >= 11 is 0. The summed E-state index contributed by atoms with van der Waals surface area (Å²) in [7, 11) is 0. The fourth-order valence-electron chi connectivity index (χ4n) is 3.40. The Labute approximate surface area is 128 Å². The van der Waals surface area contributed by atoms with Crippen molar-refractivity contribution in [1.82, 2.24) is 0 Å². The summed E-state index contributed by atoms with van der Waals surface area (Å²) in [5.74, 6) is -1.91. The Morgan fingerprint density at radius 2 is 1.82 bits per heavy atom. The van der Waals surface area contributed by atoms with E-state index in [4.69, 9.17) is 5.11 Å². The lowest BCUT2D eigenvalue weighted by atomic mass is 9.85. The third-order valence-electron chi connectivity index (χ3n) is 4.57. The molecule has 0 spiro atoms. The number of aliphatic carboxylic acids is 2. The molecule has 4 nitrogen and oxygen atoms in total. The van der Waals surface area contributed by atoms with Crippen LogP contribution in [0.4, 0.5) is 0 Å². The first-order valence-corrected chi connectivity index (χ1v) is 7.50. The van der Waals surface area contributed by atoms with Gasteiger partial charge in [-0.15, -0.1) is 0 Å². The fourth-order valence-corrected chi connectivity index (χ4v) is 3.40. The molecule has 1 aliphatic carbocycles. The molecule has 3 rings (SSSR count). The minimum atomic E-state index is -0.835. The van der Waals surface area contributed by atoms with Gasteiger partial charge in [0, 0.05) is 6.42 Å². The van der Waals surface area contributed by atoms with Crippen molar-refractivity contribution in [3.05, 3.63) is 48.0 Å². The number of hydrogen-bond donors (Lipinski definition) is 2. The van der Waals surface area contributed by atoms with E-state index in [-0.39, 0.29) is 24.2 Å². The summed E-state index contributed by atoms with van der Waals surface area (Å²) in [4.78, 5) is 22.1. The van der Waals surface area contributed by atoms with Crippen LogP contribution in [-0.2, 0) is 9.59 Å². The highest BCUT2D eigenvalue weighted by atomic mass is 16.4. The number of benzene rings is 2. The van der Waals surface area contributed by atoms with Crippen LogP contribution in [0.5, 0.6) is 0 Å². The summed E-state index contributed by atoms with van der Waals surface area (Å²) in [5.41, 5.74) is 1.08. The molecule has 0 aromatic heterocycles. The smallest absolute Gasteiger partial charge is 0.306 e. The maximum absolute atomic E-state index is 11.2. The number of hydrogen-bond acceptors (Lipinski definition) is 2. The van der Waals surface area contributed by atoms with Crippen LogP contribution in [0.2, 0.25) is 0 Å². The van der Waals surface area contributed by atoms with E-state index in [0.29, 0.717) is 12.8 Å². The van der Waals surface area contributed by atoms with Crippen molar-refractivity contribution in [2.24, 2.45) is 11.8 Å². The van der Waals surface area contributed by atoms with Gasteiger partial charge in [-0.1, -0.05) is 42.5 Å². The molecule has 4 heteroatoms. The molecule has 3 unspecified atom stereocenters. The zero-order valence-corrected chi connectivity index (χ0v) is 12.1. The predicted octanol–water partition coefficient (Wildman–Crippen LogP) is 3.51. The van der Waals surface area contributed by atoms with E-state index in [1.807, 2.05) is 42.5 Å². The van der Waals surface area contributed by atoms with Crippen molar-refractivity contribution in [3.63, 3.8) is 0 Å². The maximum atomic E-state index is 11.2. The molecule has 0 radical (unpaired) electrons. The number of carboxylic acids is 2. The van der Waals surface area contributed by atoms with E-state index in [0.717, 1.165) is 16.3 Å². The summed E-state index contributed by atoms with van der Waals surface area (Å²) in [6, 6.07) is 14.0. The first kappa shape index (κ1) is 14.6. The lowest BCUT2D eigenvalue weighted by Crippen LogP contribution is -2.10. The van der Waals surface area contributed by atoms with Crippen LogP contribution in [0, 0.1) is 11.8 Å². The lowest BCUT2D eigenvalue weighted by molar-refractivity contribution is -0.139. The molecule has 1 aliphatic rings. The average molecular weight is 298 g/mol. The second kappa shape index (κ2) is 5.79. The van der Waals surface area contributed by atoms with E-state index < -0.39 is 11.9 Å². The number of carbonyl (C=O) groups is 2. The van der Waals surface area contributed by atoms with Crippen LogP contribution in [-0.4, -0.2) is 22.2 Å². The van der Waals surface area contributed by atoms with E-state index in [2.05, 4.69) is 0 Å². The van der Waals surface area contributed by atoms with E-state index in [9.17, 15) is 14.7 Å². The molecule has 22 heavy (non-hydrogen) atoms. The molecule has 2 aromatic rings. The minimum Gasteiger partial charge on any atom is -0.481 e. The van der Waals surface area contributed by atoms with Crippen molar-refractivity contribution < 1.29 is 19.8 Å². The summed E-state index contributed by atoms with van der Waals surface area (Å²) in [6.45, 7) is 0. The van der Waals surface area contributed by atoms with Crippen molar-refractivity contribution in [2.45, 2.75) is 25.2 Å². The first-order valence-electron chi connectivity index (χ1n) is 7.50. The molecule has 0 saturated heterocycles. The highest BCUT2D eigenvalue weighted by Gasteiger charge is 2.48. The van der Waals surface area contributed by atoms with Gasteiger partial charge in [-0.25, -0.2) is 0 Å². The maximum Gasteiger partial charge on any atom is 0.306 e. The molecular weight excluding hydrogens is 280 g/mol. The van der Waals surface area contributed by atoms with Crippen molar-refractivity contribution in [3.8, 4) is 0 Å². The molecule has 0 bridgehead atoms. The van der Waals surface area contributed by atoms with Crippen LogP contribution in [0.3, 0.4) is 0 Å². The van der Waals surface area contributed by atoms with Crippen LogP contribution < -0.4 is 0 Å².